The molecule has 0 aliphatic carbocycles. The molecule has 0 bridgehead atoms. The fraction of sp³-hybridized carbons (Fsp3) is 0.500. The number of amides is 1. The normalized spacial score (nSPS) is 26.2. The highest BCUT2D eigenvalue weighted by molar-refractivity contribution is 5.72. The van der Waals surface area contributed by atoms with Gasteiger partial charge in [0.25, 0.3) is 0 Å². The van der Waals surface area contributed by atoms with Crippen LogP contribution in [0.3, 0.4) is 0 Å². The molecule has 140 valence electrons. The van der Waals surface area contributed by atoms with Crippen LogP contribution in [0.25, 0.3) is 0 Å². The van der Waals surface area contributed by atoms with Gasteiger partial charge < -0.3 is 14.8 Å². The van der Waals surface area contributed by atoms with E-state index in [9.17, 15) is 9.90 Å². The second kappa shape index (κ2) is 6.43. The van der Waals surface area contributed by atoms with Gasteiger partial charge in [-0.05, 0) is 24.8 Å². The van der Waals surface area contributed by atoms with E-state index in [1.165, 1.54) is 4.90 Å². The van der Waals surface area contributed by atoms with Crippen LogP contribution in [-0.2, 0) is 16.6 Å². The fourth-order valence-corrected chi connectivity index (χ4v) is 3.81. The number of carbonyl (C=O) groups is 1. The number of cyclic esters (lactones) is 1. The Bertz CT molecular complexity index is 756. The highest BCUT2D eigenvalue weighted by atomic mass is 16.6. The molecule has 6 heteroatoms. The summed E-state index contributed by atoms with van der Waals surface area (Å²) >= 11 is 0. The van der Waals surface area contributed by atoms with Gasteiger partial charge in [0.15, 0.2) is 11.3 Å². The van der Waals surface area contributed by atoms with Gasteiger partial charge in [0.1, 0.15) is 0 Å². The summed E-state index contributed by atoms with van der Waals surface area (Å²) in [4.78, 5) is 20.9. The Hall–Kier alpha value is -2.34. The quantitative estimate of drug-likeness (QED) is 0.832. The minimum atomic E-state index is -1.41. The zero-order valence-electron chi connectivity index (χ0n) is 15.8. The van der Waals surface area contributed by atoms with E-state index >= 15 is 0 Å². The first-order valence-corrected chi connectivity index (χ1v) is 8.91. The number of aromatic nitrogens is 2. The standard InChI is InChI=1S/C20H27N3O3/c1-18(2,15-8-6-5-7-9-15)13-19(3)20(4,25)23(17(24)26-19)11-10-16-12-21-14-22-16/h5-9,12,14,25H,10-11,13H2,1-4H3,(H,21,22)/t19-,20-/m0/s1. The van der Waals surface area contributed by atoms with E-state index in [0.717, 1.165) is 11.3 Å². The summed E-state index contributed by atoms with van der Waals surface area (Å²) in [6.45, 7) is 8.03. The molecule has 2 aromatic rings. The molecule has 1 aliphatic rings. The third-order valence-corrected chi connectivity index (χ3v) is 5.55. The Balaban J connectivity index is 1.79. The number of H-pyrrole nitrogens is 1. The van der Waals surface area contributed by atoms with E-state index in [0.29, 0.717) is 19.4 Å². The first-order valence-electron chi connectivity index (χ1n) is 8.91. The van der Waals surface area contributed by atoms with Crippen molar-refractivity contribution >= 4 is 6.09 Å². The van der Waals surface area contributed by atoms with Crippen molar-refractivity contribution < 1.29 is 14.6 Å². The number of benzene rings is 1. The van der Waals surface area contributed by atoms with Crippen LogP contribution in [-0.4, -0.2) is 43.9 Å². The molecule has 1 aromatic heterocycles. The number of carbonyl (C=O) groups excluding carboxylic acids is 1. The van der Waals surface area contributed by atoms with Gasteiger partial charge in [-0.15, -0.1) is 0 Å². The first kappa shape index (κ1) is 18.5. The number of imidazole rings is 1. The van der Waals surface area contributed by atoms with E-state index < -0.39 is 17.4 Å². The lowest BCUT2D eigenvalue weighted by atomic mass is 9.72. The maximum atomic E-state index is 12.5. The Labute approximate surface area is 154 Å². The monoisotopic (exact) mass is 357 g/mol. The number of nitrogens with zero attached hydrogens (tertiary/aromatic N) is 2. The zero-order valence-corrected chi connectivity index (χ0v) is 15.8. The van der Waals surface area contributed by atoms with Crippen molar-refractivity contribution in [3.05, 3.63) is 54.1 Å². The summed E-state index contributed by atoms with van der Waals surface area (Å²) in [6.07, 6.45) is 3.91. The largest absolute Gasteiger partial charge is 0.438 e. The number of aliphatic hydroxyl groups is 1. The summed E-state index contributed by atoms with van der Waals surface area (Å²) in [5.41, 5.74) is -0.636. The molecule has 0 spiro atoms. The van der Waals surface area contributed by atoms with Crippen LogP contribution in [0.4, 0.5) is 4.79 Å². The van der Waals surface area contributed by atoms with Gasteiger partial charge in [-0.3, -0.25) is 4.90 Å². The van der Waals surface area contributed by atoms with E-state index in [1.54, 1.807) is 19.4 Å². The van der Waals surface area contributed by atoms with Gasteiger partial charge in [-0.2, -0.15) is 0 Å². The summed E-state index contributed by atoms with van der Waals surface area (Å²) in [6, 6.07) is 10.1. The zero-order chi connectivity index (χ0) is 19.0. The smallest absolute Gasteiger partial charge is 0.412 e. The van der Waals surface area contributed by atoms with Crippen molar-refractivity contribution in [2.45, 2.75) is 57.3 Å². The van der Waals surface area contributed by atoms with Crippen LogP contribution in [0.5, 0.6) is 0 Å². The lowest BCUT2D eigenvalue weighted by Crippen LogP contribution is -2.57. The summed E-state index contributed by atoms with van der Waals surface area (Å²) in [5.74, 6) is 0. The third kappa shape index (κ3) is 3.21. The van der Waals surface area contributed by atoms with Gasteiger partial charge in [0.2, 0.25) is 0 Å². The van der Waals surface area contributed by atoms with Gasteiger partial charge in [0.05, 0.1) is 6.33 Å². The van der Waals surface area contributed by atoms with Crippen LogP contribution in [0.15, 0.2) is 42.9 Å². The number of hydrogen-bond donors (Lipinski definition) is 2. The first-order chi connectivity index (χ1) is 12.2. The highest BCUT2D eigenvalue weighted by Crippen LogP contribution is 2.45. The van der Waals surface area contributed by atoms with Crippen LogP contribution < -0.4 is 0 Å². The van der Waals surface area contributed by atoms with E-state index in [1.807, 2.05) is 25.1 Å². The molecular formula is C20H27N3O3. The molecule has 1 aromatic carbocycles. The summed E-state index contributed by atoms with van der Waals surface area (Å²) in [5, 5.41) is 11.2. The van der Waals surface area contributed by atoms with Gasteiger partial charge in [0, 0.05) is 31.3 Å². The second-order valence-corrected chi connectivity index (χ2v) is 8.02. The molecule has 2 N–H and O–H groups in total. The van der Waals surface area contributed by atoms with Crippen LogP contribution in [0, 0.1) is 0 Å². The molecule has 0 unspecified atom stereocenters. The molecule has 2 atom stereocenters. The summed E-state index contributed by atoms with van der Waals surface area (Å²) in [7, 11) is 0. The van der Waals surface area contributed by atoms with Gasteiger partial charge in [-0.25, -0.2) is 9.78 Å². The van der Waals surface area contributed by atoms with Crippen LogP contribution in [0.2, 0.25) is 0 Å². The van der Waals surface area contributed by atoms with Crippen molar-refractivity contribution in [3.8, 4) is 0 Å². The number of hydrogen-bond acceptors (Lipinski definition) is 4. The molecule has 26 heavy (non-hydrogen) atoms. The molecule has 1 amide bonds. The van der Waals surface area contributed by atoms with Crippen molar-refractivity contribution in [2.24, 2.45) is 0 Å². The van der Waals surface area contributed by atoms with Gasteiger partial charge >= 0.3 is 6.09 Å². The van der Waals surface area contributed by atoms with Crippen molar-refractivity contribution in [2.75, 3.05) is 6.54 Å². The maximum Gasteiger partial charge on any atom is 0.412 e. The Kier molecular flexibility index (Phi) is 4.56. The van der Waals surface area contributed by atoms with Crippen LogP contribution in [0.1, 0.15) is 45.4 Å². The molecular weight excluding hydrogens is 330 g/mol. The molecule has 6 nitrogen and oxygen atoms in total. The number of aromatic amines is 1. The highest BCUT2D eigenvalue weighted by Gasteiger charge is 2.60. The molecule has 0 saturated carbocycles. The number of rotatable bonds is 6. The molecule has 1 fully saturated rings. The lowest BCUT2D eigenvalue weighted by molar-refractivity contribution is -0.145. The van der Waals surface area contributed by atoms with E-state index in [-0.39, 0.29) is 5.41 Å². The van der Waals surface area contributed by atoms with Crippen molar-refractivity contribution in [3.63, 3.8) is 0 Å². The minimum absolute atomic E-state index is 0.264. The predicted molar refractivity (Wildman–Crippen MR) is 98.6 cm³/mol. The maximum absolute atomic E-state index is 12.5. The Morgan fingerprint density at radius 3 is 2.58 bits per heavy atom. The topological polar surface area (TPSA) is 78.5 Å². The SMILES string of the molecule is CC(C)(C[C@]1(C)OC(=O)N(CCc2cnc[nH]2)[C@@]1(C)O)c1ccccc1. The van der Waals surface area contributed by atoms with E-state index in [4.69, 9.17) is 4.74 Å². The molecule has 1 aliphatic heterocycles. The molecule has 0 radical (unpaired) electrons. The Morgan fingerprint density at radius 2 is 1.96 bits per heavy atom. The van der Waals surface area contributed by atoms with E-state index in [2.05, 4.69) is 35.9 Å². The van der Waals surface area contributed by atoms with Gasteiger partial charge in [-0.1, -0.05) is 44.2 Å². The minimum Gasteiger partial charge on any atom is -0.438 e. The average Bonchev–Trinajstić information content (AvgIpc) is 3.13. The number of ether oxygens (including phenoxy) is 1. The summed E-state index contributed by atoms with van der Waals surface area (Å²) < 4.78 is 5.72. The number of nitrogens with one attached hydrogen (secondary N) is 1. The molecule has 2 heterocycles. The Morgan fingerprint density at radius 1 is 1.27 bits per heavy atom. The predicted octanol–water partition coefficient (Wildman–Crippen LogP) is 3.24. The second-order valence-electron chi connectivity index (χ2n) is 8.02. The molecule has 1 saturated heterocycles. The van der Waals surface area contributed by atoms with Crippen LogP contribution >= 0.6 is 0 Å². The van der Waals surface area contributed by atoms with Crippen molar-refractivity contribution in [1.82, 2.24) is 14.9 Å². The van der Waals surface area contributed by atoms with Crippen molar-refractivity contribution in [1.29, 1.82) is 0 Å². The molecule has 3 rings (SSSR count). The fourth-order valence-electron chi connectivity index (χ4n) is 3.81. The average molecular weight is 357 g/mol. The third-order valence-electron chi connectivity index (χ3n) is 5.55. The lowest BCUT2D eigenvalue weighted by Gasteiger charge is -2.42.